The van der Waals surface area contributed by atoms with Gasteiger partial charge < -0.3 is 19.4 Å². The number of anilines is 1. The molecule has 3 aromatic heterocycles. The van der Waals surface area contributed by atoms with Crippen molar-refractivity contribution in [3.05, 3.63) is 58.8 Å². The van der Waals surface area contributed by atoms with Crippen LogP contribution >= 0.6 is 0 Å². The number of aryl methyl sites for hydroxylation is 4. The van der Waals surface area contributed by atoms with Gasteiger partial charge in [0.25, 0.3) is 0 Å². The van der Waals surface area contributed by atoms with Crippen molar-refractivity contribution in [1.29, 1.82) is 0 Å². The number of carbonyl (C=O) groups excluding carboxylic acids is 1. The molecule has 0 aliphatic carbocycles. The molecule has 0 aromatic carbocycles. The van der Waals surface area contributed by atoms with Crippen molar-refractivity contribution in [3.8, 4) is 0 Å². The number of hydrogen-bond acceptors (Lipinski definition) is 5. The standard InChI is InChI=1S/C14H23N3.C11H14N2.C5H10O.3C2H6/c1-4-5-13-12(3)16-7-6-14(13)17-9-8-15-11(2)10-17;1-4-10-5-8(2)11-12-9(3)6-13(11)7-10;1-3-4-5(2)6;3*1-2/h6-7,11,15H,4-5,8-10H2,1-3H3;5-7H,4H2,1-3H3;3-4H2,1-2H3;3*1-2H3. The number of fused-ring (bicyclic) bond motifs is 1. The van der Waals surface area contributed by atoms with E-state index in [1.165, 1.54) is 34.5 Å². The molecule has 0 radical (unpaired) electrons. The van der Waals surface area contributed by atoms with Crippen LogP contribution in [0.3, 0.4) is 0 Å². The number of carbonyl (C=O) groups is 1. The number of imidazole rings is 1. The van der Waals surface area contributed by atoms with Crippen molar-refractivity contribution in [1.82, 2.24) is 19.7 Å². The molecular formula is C36H65N5O. The van der Waals surface area contributed by atoms with E-state index >= 15 is 0 Å². The largest absolute Gasteiger partial charge is 0.368 e. The maximum Gasteiger partial charge on any atom is 0.139 e. The van der Waals surface area contributed by atoms with Gasteiger partial charge in [-0.2, -0.15) is 0 Å². The van der Waals surface area contributed by atoms with E-state index in [-0.39, 0.29) is 5.78 Å². The average Bonchev–Trinajstić information content (AvgIpc) is 3.38. The second-order valence-electron chi connectivity index (χ2n) is 9.90. The zero-order valence-corrected chi connectivity index (χ0v) is 29.8. The van der Waals surface area contributed by atoms with E-state index in [9.17, 15) is 4.79 Å². The van der Waals surface area contributed by atoms with Crippen LogP contribution in [0.2, 0.25) is 0 Å². The summed E-state index contributed by atoms with van der Waals surface area (Å²) in [6.07, 6.45) is 11.3. The lowest BCUT2D eigenvalue weighted by Gasteiger charge is -2.35. The summed E-state index contributed by atoms with van der Waals surface area (Å²) in [5.41, 5.74) is 8.80. The first-order valence-corrected chi connectivity index (χ1v) is 16.6. The lowest BCUT2D eigenvalue weighted by molar-refractivity contribution is -0.117. The molecule has 42 heavy (non-hydrogen) atoms. The zero-order chi connectivity index (χ0) is 32.7. The number of nitrogens with one attached hydrogen (secondary N) is 1. The summed E-state index contributed by atoms with van der Waals surface area (Å²) in [6.45, 7) is 31.8. The maximum absolute atomic E-state index is 10.0. The van der Waals surface area contributed by atoms with Crippen LogP contribution in [0, 0.1) is 20.8 Å². The zero-order valence-electron chi connectivity index (χ0n) is 29.8. The minimum atomic E-state index is 0.289. The third-order valence-corrected chi connectivity index (χ3v) is 6.38. The molecular weight excluding hydrogens is 518 g/mol. The van der Waals surface area contributed by atoms with Crippen molar-refractivity contribution in [2.75, 3.05) is 24.5 Å². The Labute approximate surface area is 259 Å². The van der Waals surface area contributed by atoms with Crippen LogP contribution in [0.4, 0.5) is 5.69 Å². The Bertz CT molecular complexity index is 1110. The maximum atomic E-state index is 10.0. The van der Waals surface area contributed by atoms with E-state index in [4.69, 9.17) is 0 Å². The highest BCUT2D eigenvalue weighted by molar-refractivity contribution is 5.75. The van der Waals surface area contributed by atoms with Gasteiger partial charge in [-0.3, -0.25) is 4.98 Å². The number of rotatable bonds is 6. The van der Waals surface area contributed by atoms with Gasteiger partial charge in [-0.1, -0.05) is 74.8 Å². The number of nitrogens with zero attached hydrogens (tertiary/aromatic N) is 4. The van der Waals surface area contributed by atoms with Gasteiger partial charge in [0.05, 0.1) is 5.69 Å². The van der Waals surface area contributed by atoms with E-state index in [1.807, 2.05) is 61.6 Å². The number of hydrogen-bond donors (Lipinski definition) is 1. The van der Waals surface area contributed by atoms with Crippen LogP contribution in [0.1, 0.15) is 124 Å². The second kappa shape index (κ2) is 24.8. The van der Waals surface area contributed by atoms with Crippen LogP contribution in [0.25, 0.3) is 5.65 Å². The van der Waals surface area contributed by atoms with E-state index in [0.29, 0.717) is 6.04 Å². The second-order valence-corrected chi connectivity index (χ2v) is 9.90. The Kier molecular flexibility index (Phi) is 24.5. The minimum Gasteiger partial charge on any atom is -0.368 e. The smallest absolute Gasteiger partial charge is 0.139 e. The van der Waals surface area contributed by atoms with Crippen molar-refractivity contribution in [2.24, 2.45) is 0 Å². The molecule has 1 saturated heterocycles. The van der Waals surface area contributed by atoms with Gasteiger partial charge in [0, 0.05) is 62.1 Å². The average molecular weight is 584 g/mol. The molecule has 6 heteroatoms. The Morgan fingerprint density at radius 2 is 1.64 bits per heavy atom. The van der Waals surface area contributed by atoms with Crippen LogP contribution in [-0.2, 0) is 17.6 Å². The first-order valence-electron chi connectivity index (χ1n) is 16.6. The molecule has 240 valence electrons. The normalized spacial score (nSPS) is 13.4. The molecule has 3 aromatic rings. The molecule has 0 saturated carbocycles. The Balaban J connectivity index is 0. The molecule has 0 amide bonds. The number of pyridine rings is 2. The summed E-state index contributed by atoms with van der Waals surface area (Å²) in [5, 5.41) is 3.49. The van der Waals surface area contributed by atoms with Gasteiger partial charge in [0.15, 0.2) is 0 Å². The third-order valence-electron chi connectivity index (χ3n) is 6.38. The Morgan fingerprint density at radius 1 is 1.00 bits per heavy atom. The molecule has 6 nitrogen and oxygen atoms in total. The van der Waals surface area contributed by atoms with Crippen LogP contribution in [-0.4, -0.2) is 45.8 Å². The molecule has 4 rings (SSSR count). The van der Waals surface area contributed by atoms with E-state index in [1.54, 1.807) is 6.92 Å². The van der Waals surface area contributed by atoms with Gasteiger partial charge >= 0.3 is 0 Å². The topological polar surface area (TPSA) is 62.5 Å². The molecule has 1 N–H and O–H groups in total. The predicted molar refractivity (Wildman–Crippen MR) is 186 cm³/mol. The van der Waals surface area contributed by atoms with Crippen LogP contribution in [0.5, 0.6) is 0 Å². The van der Waals surface area contributed by atoms with Crippen LogP contribution in [0.15, 0.2) is 30.7 Å². The fourth-order valence-corrected chi connectivity index (χ4v) is 4.60. The van der Waals surface area contributed by atoms with E-state index in [0.717, 1.165) is 56.7 Å². The fourth-order valence-electron chi connectivity index (χ4n) is 4.60. The summed E-state index contributed by atoms with van der Waals surface area (Å²) < 4.78 is 2.11. The molecule has 4 heterocycles. The summed E-state index contributed by atoms with van der Waals surface area (Å²) in [7, 11) is 0. The Morgan fingerprint density at radius 3 is 2.14 bits per heavy atom. The summed E-state index contributed by atoms with van der Waals surface area (Å²) in [6, 6.07) is 4.96. The van der Waals surface area contributed by atoms with Crippen molar-refractivity contribution in [2.45, 2.75) is 135 Å². The van der Waals surface area contributed by atoms with Gasteiger partial charge in [0.2, 0.25) is 0 Å². The molecule has 1 aliphatic rings. The SMILES string of the molecule is CC.CC.CC.CCCC(C)=O.CCCc1c(N2CCNC(C)C2)ccnc1C.CCc1cc(C)c2nc(C)cn2c1. The van der Waals surface area contributed by atoms with Gasteiger partial charge in [0.1, 0.15) is 11.4 Å². The number of ketones is 1. The van der Waals surface area contributed by atoms with E-state index < -0.39 is 0 Å². The highest BCUT2D eigenvalue weighted by Gasteiger charge is 2.19. The lowest BCUT2D eigenvalue weighted by Crippen LogP contribution is -2.49. The molecule has 0 bridgehead atoms. The van der Waals surface area contributed by atoms with Crippen molar-refractivity contribution < 1.29 is 4.79 Å². The summed E-state index contributed by atoms with van der Waals surface area (Å²) >= 11 is 0. The first kappa shape index (κ1) is 41.4. The summed E-state index contributed by atoms with van der Waals surface area (Å²) in [4.78, 5) is 21.4. The van der Waals surface area contributed by atoms with Gasteiger partial charge in [-0.05, 0) is 76.6 Å². The quantitative estimate of drug-likeness (QED) is 0.313. The van der Waals surface area contributed by atoms with Gasteiger partial charge in [-0.25, -0.2) is 4.98 Å². The third kappa shape index (κ3) is 14.9. The molecule has 1 fully saturated rings. The number of piperazine rings is 1. The monoisotopic (exact) mass is 584 g/mol. The molecule has 0 spiro atoms. The summed E-state index contributed by atoms with van der Waals surface area (Å²) in [5.74, 6) is 0.289. The van der Waals surface area contributed by atoms with E-state index in [2.05, 4.69) is 83.7 Å². The minimum absolute atomic E-state index is 0.289. The lowest BCUT2D eigenvalue weighted by atomic mass is 10.0. The number of Topliss-reactive ketones (excluding diaryl/α,β-unsaturated/α-hetero) is 1. The predicted octanol–water partition coefficient (Wildman–Crippen LogP) is 9.11. The molecule has 1 atom stereocenters. The van der Waals surface area contributed by atoms with Crippen LogP contribution < -0.4 is 10.2 Å². The van der Waals surface area contributed by atoms with Crippen molar-refractivity contribution >= 4 is 17.1 Å². The Hall–Kier alpha value is -2.73. The molecule has 1 unspecified atom stereocenters. The highest BCUT2D eigenvalue weighted by atomic mass is 16.1. The first-order chi connectivity index (χ1) is 20.2. The highest BCUT2D eigenvalue weighted by Crippen LogP contribution is 2.24. The number of aromatic nitrogens is 3. The molecule has 1 aliphatic heterocycles. The van der Waals surface area contributed by atoms with Gasteiger partial charge in [-0.15, -0.1) is 0 Å². The fraction of sp³-hybridized carbons (Fsp3) is 0.639. The van der Waals surface area contributed by atoms with Crippen molar-refractivity contribution in [3.63, 3.8) is 0 Å².